The van der Waals surface area contributed by atoms with Gasteiger partial charge in [0.2, 0.25) is 5.82 Å². The molecule has 0 saturated carbocycles. The molecule has 9 nitrogen and oxygen atoms in total. The molecule has 3 heterocycles. The first-order valence-corrected chi connectivity index (χ1v) is 11.6. The smallest absolute Gasteiger partial charge is 0.407 e. The second-order valence-electron chi connectivity index (χ2n) is 9.66. The van der Waals surface area contributed by atoms with Crippen LogP contribution in [0.1, 0.15) is 38.4 Å². The molecule has 1 amide bonds. The van der Waals surface area contributed by atoms with Crippen molar-refractivity contribution in [1.29, 1.82) is 0 Å². The molecule has 174 valence electrons. The summed E-state index contributed by atoms with van der Waals surface area (Å²) in [6.45, 7) is 9.93. The number of fused-ring (bicyclic) bond motifs is 1. The largest absolute Gasteiger partial charge is 0.465 e. The van der Waals surface area contributed by atoms with Crippen molar-refractivity contribution in [2.75, 3.05) is 31.1 Å². The van der Waals surface area contributed by atoms with Gasteiger partial charge >= 0.3 is 6.09 Å². The van der Waals surface area contributed by atoms with Gasteiger partial charge < -0.3 is 19.4 Å². The van der Waals surface area contributed by atoms with Gasteiger partial charge in [-0.15, -0.1) is 0 Å². The minimum atomic E-state index is -0.855. The highest BCUT2D eigenvalue weighted by atomic mass is 16.5. The number of amides is 1. The summed E-state index contributed by atoms with van der Waals surface area (Å²) < 4.78 is 7.73. The number of aromatic nitrogens is 4. The molecular formula is C24H30N6O3. The maximum absolute atomic E-state index is 11.1. The number of nitrogens with zero attached hydrogens (tertiary/aromatic N) is 6. The molecule has 1 fully saturated rings. The van der Waals surface area contributed by atoms with Gasteiger partial charge in [0.1, 0.15) is 0 Å². The third-order valence-corrected chi connectivity index (χ3v) is 6.83. The number of anilines is 1. The molecule has 0 bridgehead atoms. The molecule has 2 aromatic heterocycles. The molecule has 0 spiro atoms. The van der Waals surface area contributed by atoms with Gasteiger partial charge in [0.25, 0.3) is 5.89 Å². The van der Waals surface area contributed by atoms with Gasteiger partial charge in [0.05, 0.1) is 0 Å². The van der Waals surface area contributed by atoms with E-state index in [0.717, 1.165) is 42.8 Å². The van der Waals surface area contributed by atoms with Crippen molar-refractivity contribution in [3.63, 3.8) is 0 Å². The number of benzene rings is 1. The monoisotopic (exact) mass is 450 g/mol. The van der Waals surface area contributed by atoms with E-state index in [4.69, 9.17) is 14.7 Å². The van der Waals surface area contributed by atoms with Gasteiger partial charge in [-0.25, -0.2) is 4.79 Å². The van der Waals surface area contributed by atoms with E-state index in [2.05, 4.69) is 40.5 Å². The quantitative estimate of drug-likeness (QED) is 0.643. The van der Waals surface area contributed by atoms with E-state index in [9.17, 15) is 4.79 Å². The van der Waals surface area contributed by atoms with Crippen molar-refractivity contribution in [3.05, 3.63) is 35.5 Å². The summed E-state index contributed by atoms with van der Waals surface area (Å²) in [7, 11) is 0. The Morgan fingerprint density at radius 2 is 1.88 bits per heavy atom. The van der Waals surface area contributed by atoms with Crippen molar-refractivity contribution in [1.82, 2.24) is 24.8 Å². The predicted octanol–water partition coefficient (Wildman–Crippen LogP) is 3.93. The first kappa shape index (κ1) is 21.5. The fourth-order valence-corrected chi connectivity index (χ4v) is 4.85. The number of hydrogen-bond donors (Lipinski definition) is 1. The zero-order chi connectivity index (χ0) is 23.2. The van der Waals surface area contributed by atoms with Crippen LogP contribution in [0.5, 0.6) is 0 Å². The molecule has 2 aliphatic rings. The zero-order valence-corrected chi connectivity index (χ0v) is 19.4. The molecule has 33 heavy (non-hydrogen) atoms. The van der Waals surface area contributed by atoms with Crippen molar-refractivity contribution in [2.24, 2.45) is 5.41 Å². The Labute approximate surface area is 193 Å². The Bertz CT molecular complexity index is 1160. The van der Waals surface area contributed by atoms with Crippen LogP contribution in [0.15, 0.2) is 28.8 Å². The van der Waals surface area contributed by atoms with E-state index in [-0.39, 0.29) is 5.41 Å². The zero-order valence-electron chi connectivity index (χ0n) is 19.4. The lowest BCUT2D eigenvalue weighted by molar-refractivity contribution is 0.142. The standard InChI is InChI=1S/C24H30N6O3/c1-4-30-19-15-24(2,3)10-9-18(19)20(26-30)22-25-21(27-33-22)16-5-7-17(8-6-16)28-11-13-29(14-12-28)23(31)32/h5-8H,4,9-15H2,1-3H3,(H,31,32). The van der Waals surface area contributed by atoms with Crippen molar-refractivity contribution < 1.29 is 14.4 Å². The summed E-state index contributed by atoms with van der Waals surface area (Å²) in [5, 5.41) is 18.2. The Hall–Kier alpha value is -3.36. The third-order valence-electron chi connectivity index (χ3n) is 6.83. The van der Waals surface area contributed by atoms with Gasteiger partial charge in [-0.05, 0) is 55.9 Å². The first-order chi connectivity index (χ1) is 15.8. The number of rotatable bonds is 4. The molecule has 1 saturated heterocycles. The van der Waals surface area contributed by atoms with Crippen LogP contribution in [-0.4, -0.2) is 62.2 Å². The molecule has 0 radical (unpaired) electrons. The fourth-order valence-electron chi connectivity index (χ4n) is 4.85. The molecule has 0 atom stereocenters. The average molecular weight is 451 g/mol. The lowest BCUT2D eigenvalue weighted by atomic mass is 9.76. The Kier molecular flexibility index (Phi) is 5.34. The second kappa shape index (κ2) is 8.20. The number of carbonyl (C=O) groups is 1. The van der Waals surface area contributed by atoms with Crippen LogP contribution in [0.4, 0.5) is 10.5 Å². The van der Waals surface area contributed by atoms with Gasteiger partial charge in [0.15, 0.2) is 5.69 Å². The molecule has 1 aliphatic heterocycles. The summed E-state index contributed by atoms with van der Waals surface area (Å²) in [6, 6.07) is 8.02. The van der Waals surface area contributed by atoms with Gasteiger partial charge in [-0.3, -0.25) is 4.68 Å². The molecule has 1 aliphatic carbocycles. The number of aryl methyl sites for hydroxylation is 1. The molecule has 1 N–H and O–H groups in total. The van der Waals surface area contributed by atoms with E-state index in [1.54, 1.807) is 0 Å². The van der Waals surface area contributed by atoms with Crippen molar-refractivity contribution in [3.8, 4) is 23.0 Å². The molecule has 1 aromatic carbocycles. The predicted molar refractivity (Wildman–Crippen MR) is 124 cm³/mol. The highest BCUT2D eigenvalue weighted by Gasteiger charge is 2.32. The maximum atomic E-state index is 11.1. The minimum Gasteiger partial charge on any atom is -0.465 e. The normalized spacial score (nSPS) is 17.8. The van der Waals surface area contributed by atoms with E-state index < -0.39 is 6.09 Å². The molecular weight excluding hydrogens is 420 g/mol. The molecule has 0 unspecified atom stereocenters. The minimum absolute atomic E-state index is 0.277. The molecule has 3 aromatic rings. The van der Waals surface area contributed by atoms with E-state index >= 15 is 0 Å². The van der Waals surface area contributed by atoms with Gasteiger partial charge in [-0.2, -0.15) is 10.1 Å². The summed E-state index contributed by atoms with van der Waals surface area (Å²) in [4.78, 5) is 19.4. The van der Waals surface area contributed by atoms with Crippen LogP contribution in [-0.2, 0) is 19.4 Å². The molecule has 9 heteroatoms. The SMILES string of the molecule is CCn1nc(-c2nc(-c3ccc(N4CCN(C(=O)O)CC4)cc3)no2)c2c1CC(C)(C)CC2. The average Bonchev–Trinajstić information content (AvgIpc) is 3.43. The van der Waals surface area contributed by atoms with Crippen LogP contribution >= 0.6 is 0 Å². The lowest BCUT2D eigenvalue weighted by Gasteiger charge is -2.34. The van der Waals surface area contributed by atoms with Crippen molar-refractivity contribution in [2.45, 2.75) is 46.6 Å². The van der Waals surface area contributed by atoms with Gasteiger partial charge in [-0.1, -0.05) is 19.0 Å². The fraction of sp³-hybridized carbons (Fsp3) is 0.500. The summed E-state index contributed by atoms with van der Waals surface area (Å²) in [5.41, 5.74) is 5.56. The van der Waals surface area contributed by atoms with E-state index in [0.29, 0.717) is 37.9 Å². The van der Waals surface area contributed by atoms with E-state index in [1.807, 2.05) is 24.3 Å². The highest BCUT2D eigenvalue weighted by molar-refractivity contribution is 5.66. The van der Waals surface area contributed by atoms with Crippen LogP contribution in [0.2, 0.25) is 0 Å². The Morgan fingerprint density at radius 3 is 2.55 bits per heavy atom. The lowest BCUT2D eigenvalue weighted by Crippen LogP contribution is -2.48. The first-order valence-electron chi connectivity index (χ1n) is 11.6. The van der Waals surface area contributed by atoms with Crippen molar-refractivity contribution >= 4 is 11.8 Å². The second-order valence-corrected chi connectivity index (χ2v) is 9.66. The Morgan fingerprint density at radius 1 is 1.15 bits per heavy atom. The van der Waals surface area contributed by atoms with Crippen LogP contribution in [0.3, 0.4) is 0 Å². The van der Waals surface area contributed by atoms with Crippen LogP contribution in [0, 0.1) is 5.41 Å². The third kappa shape index (κ3) is 4.07. The maximum Gasteiger partial charge on any atom is 0.407 e. The number of hydrogen-bond acceptors (Lipinski definition) is 6. The topological polar surface area (TPSA) is 101 Å². The summed E-state index contributed by atoms with van der Waals surface area (Å²) in [6.07, 6.45) is 2.24. The van der Waals surface area contributed by atoms with Crippen LogP contribution in [0.25, 0.3) is 23.0 Å². The van der Waals surface area contributed by atoms with E-state index in [1.165, 1.54) is 16.2 Å². The summed E-state index contributed by atoms with van der Waals surface area (Å²) in [5.74, 6) is 1.02. The van der Waals surface area contributed by atoms with Gasteiger partial charge in [0, 0.05) is 55.2 Å². The van der Waals surface area contributed by atoms with Crippen LogP contribution < -0.4 is 4.90 Å². The number of piperazine rings is 1. The molecule has 5 rings (SSSR count). The summed E-state index contributed by atoms with van der Waals surface area (Å²) >= 11 is 0. The number of carboxylic acid groups (broad SMARTS) is 1. The highest BCUT2D eigenvalue weighted by Crippen LogP contribution is 2.39. The Balaban J connectivity index is 1.35.